The van der Waals surface area contributed by atoms with Crippen LogP contribution in [0.1, 0.15) is 35.1 Å². The minimum atomic E-state index is -0.166. The molecule has 10 nitrogen and oxygen atoms in total. The minimum absolute atomic E-state index is 0.0371. The Labute approximate surface area is 191 Å². The SMILES string of the molecule is CCn1ncc(-c2nc3c(OC4CCN(C(=O)c5ccc(C)nc5)C4)ncnc3n2C)c1C. The van der Waals surface area contributed by atoms with E-state index >= 15 is 0 Å². The lowest BCUT2D eigenvalue weighted by atomic mass is 10.2. The highest BCUT2D eigenvalue weighted by Crippen LogP contribution is 2.30. The molecule has 0 N–H and O–H groups in total. The number of imidazole rings is 1. The molecule has 0 aromatic carbocycles. The molecule has 33 heavy (non-hydrogen) atoms. The summed E-state index contributed by atoms with van der Waals surface area (Å²) in [6.45, 7) is 7.88. The minimum Gasteiger partial charge on any atom is -0.471 e. The van der Waals surface area contributed by atoms with Crippen LogP contribution in [0.25, 0.3) is 22.6 Å². The number of carbonyl (C=O) groups is 1. The first-order chi connectivity index (χ1) is 16.0. The fraction of sp³-hybridized carbons (Fsp3) is 0.391. The second-order valence-electron chi connectivity index (χ2n) is 8.27. The molecule has 10 heteroatoms. The van der Waals surface area contributed by atoms with E-state index in [0.717, 1.165) is 35.7 Å². The molecule has 170 valence electrons. The Morgan fingerprint density at radius 2 is 2.03 bits per heavy atom. The third kappa shape index (κ3) is 3.71. The molecule has 0 bridgehead atoms. The number of carbonyl (C=O) groups excluding carboxylic acids is 1. The molecule has 0 spiro atoms. The van der Waals surface area contributed by atoms with Gasteiger partial charge in [0.05, 0.1) is 23.9 Å². The van der Waals surface area contributed by atoms with Crippen molar-refractivity contribution >= 4 is 17.1 Å². The lowest BCUT2D eigenvalue weighted by Crippen LogP contribution is -2.31. The zero-order valence-corrected chi connectivity index (χ0v) is 19.2. The summed E-state index contributed by atoms with van der Waals surface area (Å²) in [5, 5.41) is 4.44. The average Bonchev–Trinajstić information content (AvgIpc) is 3.52. The van der Waals surface area contributed by atoms with E-state index < -0.39 is 0 Å². The van der Waals surface area contributed by atoms with Crippen molar-refractivity contribution in [2.45, 2.75) is 39.8 Å². The van der Waals surface area contributed by atoms with Gasteiger partial charge in [0, 0.05) is 44.1 Å². The van der Waals surface area contributed by atoms with Crippen LogP contribution in [0.2, 0.25) is 0 Å². The Morgan fingerprint density at radius 1 is 1.18 bits per heavy atom. The molecular formula is C23H26N8O2. The quantitative estimate of drug-likeness (QED) is 0.464. The van der Waals surface area contributed by atoms with E-state index in [-0.39, 0.29) is 12.0 Å². The molecule has 0 saturated carbocycles. The van der Waals surface area contributed by atoms with Crippen LogP contribution in [0.5, 0.6) is 5.88 Å². The molecule has 5 heterocycles. The third-order valence-electron chi connectivity index (χ3n) is 6.13. The number of aromatic nitrogens is 7. The van der Waals surface area contributed by atoms with E-state index in [1.807, 2.05) is 48.5 Å². The number of ether oxygens (including phenoxy) is 1. The normalized spacial score (nSPS) is 16.0. The molecule has 1 amide bonds. The van der Waals surface area contributed by atoms with Crippen molar-refractivity contribution in [1.29, 1.82) is 0 Å². The summed E-state index contributed by atoms with van der Waals surface area (Å²) in [5.41, 5.74) is 4.76. The number of hydrogen-bond acceptors (Lipinski definition) is 7. The highest BCUT2D eigenvalue weighted by Gasteiger charge is 2.30. The molecule has 4 aromatic rings. The number of rotatable bonds is 5. The van der Waals surface area contributed by atoms with Crippen LogP contribution in [-0.4, -0.2) is 64.3 Å². The van der Waals surface area contributed by atoms with Gasteiger partial charge in [0.2, 0.25) is 5.88 Å². The van der Waals surface area contributed by atoms with Crippen LogP contribution < -0.4 is 4.74 Å². The Kier molecular flexibility index (Phi) is 5.27. The fourth-order valence-electron chi connectivity index (χ4n) is 4.23. The van der Waals surface area contributed by atoms with Crippen LogP contribution >= 0.6 is 0 Å². The van der Waals surface area contributed by atoms with Gasteiger partial charge in [-0.25, -0.2) is 9.97 Å². The number of pyridine rings is 1. The summed E-state index contributed by atoms with van der Waals surface area (Å²) >= 11 is 0. The van der Waals surface area contributed by atoms with Crippen molar-refractivity contribution in [3.63, 3.8) is 0 Å². The van der Waals surface area contributed by atoms with Gasteiger partial charge in [0.1, 0.15) is 18.3 Å². The molecule has 1 saturated heterocycles. The molecule has 5 rings (SSSR count). The van der Waals surface area contributed by atoms with E-state index in [2.05, 4.69) is 27.0 Å². The second-order valence-corrected chi connectivity index (χ2v) is 8.27. The molecule has 1 aliphatic rings. The maximum Gasteiger partial charge on any atom is 0.255 e. The Morgan fingerprint density at radius 3 is 2.76 bits per heavy atom. The van der Waals surface area contributed by atoms with Crippen LogP contribution in [0.4, 0.5) is 0 Å². The van der Waals surface area contributed by atoms with Crippen molar-refractivity contribution in [2.75, 3.05) is 13.1 Å². The summed E-state index contributed by atoms with van der Waals surface area (Å²) in [6.07, 6.45) is 5.49. The van der Waals surface area contributed by atoms with Gasteiger partial charge >= 0.3 is 0 Å². The first-order valence-corrected chi connectivity index (χ1v) is 11.0. The van der Waals surface area contributed by atoms with Crippen LogP contribution in [-0.2, 0) is 13.6 Å². The molecule has 1 atom stereocenters. The van der Waals surface area contributed by atoms with Gasteiger partial charge in [-0.15, -0.1) is 0 Å². The maximum atomic E-state index is 12.8. The van der Waals surface area contributed by atoms with Gasteiger partial charge < -0.3 is 14.2 Å². The number of likely N-dealkylation sites (tertiary alicyclic amines) is 1. The summed E-state index contributed by atoms with van der Waals surface area (Å²) in [5.74, 6) is 1.16. The van der Waals surface area contributed by atoms with Crippen LogP contribution in [0.15, 0.2) is 30.9 Å². The summed E-state index contributed by atoms with van der Waals surface area (Å²) in [7, 11) is 1.93. The number of fused-ring (bicyclic) bond motifs is 1. The van der Waals surface area contributed by atoms with Crippen LogP contribution in [0.3, 0.4) is 0 Å². The fourth-order valence-corrected chi connectivity index (χ4v) is 4.23. The summed E-state index contributed by atoms with van der Waals surface area (Å²) < 4.78 is 10.1. The van der Waals surface area contributed by atoms with Gasteiger partial charge in [-0.1, -0.05) is 0 Å². The topological polar surface area (TPSA) is 104 Å². The van der Waals surface area contributed by atoms with Gasteiger partial charge in [-0.2, -0.15) is 10.1 Å². The standard InChI is InChI=1S/C23H26N8O2/c1-5-31-15(3)18(11-27-31)20-28-19-21(29(20)4)25-13-26-22(19)33-17-8-9-30(12-17)23(32)16-7-6-14(2)24-10-16/h6-7,10-11,13,17H,5,8-9,12H2,1-4H3. The van der Waals surface area contributed by atoms with Gasteiger partial charge in [-0.05, 0) is 32.9 Å². The molecule has 4 aromatic heterocycles. The second kappa shape index (κ2) is 8.27. The summed E-state index contributed by atoms with van der Waals surface area (Å²) in [4.78, 5) is 32.4. The monoisotopic (exact) mass is 446 g/mol. The lowest BCUT2D eigenvalue weighted by molar-refractivity contribution is 0.0771. The molecule has 0 radical (unpaired) electrons. The zero-order valence-electron chi connectivity index (χ0n) is 19.2. The third-order valence-corrected chi connectivity index (χ3v) is 6.13. The number of nitrogens with zero attached hydrogens (tertiary/aromatic N) is 8. The number of amides is 1. The Balaban J connectivity index is 1.38. The Hall–Kier alpha value is -3.82. The van der Waals surface area contributed by atoms with Crippen molar-refractivity contribution in [2.24, 2.45) is 7.05 Å². The van der Waals surface area contributed by atoms with E-state index in [1.54, 1.807) is 11.1 Å². The molecule has 1 unspecified atom stereocenters. The average molecular weight is 447 g/mol. The first kappa shape index (κ1) is 21.0. The first-order valence-electron chi connectivity index (χ1n) is 11.0. The van der Waals surface area contributed by atoms with Gasteiger partial charge in [0.15, 0.2) is 11.2 Å². The van der Waals surface area contributed by atoms with Crippen LogP contribution in [0, 0.1) is 13.8 Å². The number of hydrogen-bond donors (Lipinski definition) is 0. The predicted molar refractivity (Wildman–Crippen MR) is 122 cm³/mol. The largest absolute Gasteiger partial charge is 0.471 e. The van der Waals surface area contributed by atoms with E-state index in [1.165, 1.54) is 6.33 Å². The summed E-state index contributed by atoms with van der Waals surface area (Å²) in [6, 6.07) is 3.66. The van der Waals surface area contributed by atoms with E-state index in [4.69, 9.17) is 9.72 Å². The molecule has 1 aliphatic heterocycles. The molecule has 1 fully saturated rings. The van der Waals surface area contributed by atoms with Crippen molar-refractivity contribution in [1.82, 2.24) is 39.2 Å². The van der Waals surface area contributed by atoms with Crippen molar-refractivity contribution in [3.05, 3.63) is 47.8 Å². The lowest BCUT2D eigenvalue weighted by Gasteiger charge is -2.17. The van der Waals surface area contributed by atoms with E-state index in [9.17, 15) is 4.79 Å². The van der Waals surface area contributed by atoms with Crippen molar-refractivity contribution < 1.29 is 9.53 Å². The van der Waals surface area contributed by atoms with E-state index in [0.29, 0.717) is 35.7 Å². The molecule has 0 aliphatic carbocycles. The van der Waals surface area contributed by atoms with Gasteiger partial charge in [0.25, 0.3) is 5.91 Å². The number of aryl methyl sites for hydroxylation is 3. The molecular weight excluding hydrogens is 420 g/mol. The highest BCUT2D eigenvalue weighted by atomic mass is 16.5. The highest BCUT2D eigenvalue weighted by molar-refractivity contribution is 5.94. The van der Waals surface area contributed by atoms with Gasteiger partial charge in [-0.3, -0.25) is 14.5 Å². The van der Waals surface area contributed by atoms with Crippen molar-refractivity contribution in [3.8, 4) is 17.3 Å². The maximum absolute atomic E-state index is 12.8. The smallest absolute Gasteiger partial charge is 0.255 e. The predicted octanol–water partition coefficient (Wildman–Crippen LogP) is 2.55. The Bertz CT molecular complexity index is 1320. The zero-order chi connectivity index (χ0) is 23.1.